The van der Waals surface area contributed by atoms with Crippen LogP contribution in [0.5, 0.6) is 0 Å². The lowest BCUT2D eigenvalue weighted by Crippen LogP contribution is -2.47. The Kier molecular flexibility index (Phi) is 5.92. The fraction of sp³-hybridized carbons (Fsp3) is 0.520. The van der Waals surface area contributed by atoms with Crippen molar-refractivity contribution in [3.8, 4) is 11.6 Å². The molecule has 2 aliphatic heterocycles. The molecule has 6 nitrogen and oxygen atoms in total. The SMILES string of the molecule is CC(C)N1CCC(N2CCCN(c3cccc(-c4nc5ccccc5o4)n3)CC2)CC1. The molecular formula is C25H33N5O. The van der Waals surface area contributed by atoms with Gasteiger partial charge < -0.3 is 14.2 Å². The zero-order chi connectivity index (χ0) is 21.2. The molecule has 0 unspecified atom stereocenters. The summed E-state index contributed by atoms with van der Waals surface area (Å²) in [6, 6.07) is 15.4. The first-order valence-electron chi connectivity index (χ1n) is 11.7. The van der Waals surface area contributed by atoms with Crippen LogP contribution in [0.2, 0.25) is 0 Å². The van der Waals surface area contributed by atoms with Crippen LogP contribution in [0.1, 0.15) is 33.1 Å². The van der Waals surface area contributed by atoms with Crippen molar-refractivity contribution in [3.05, 3.63) is 42.5 Å². The molecule has 1 aromatic carbocycles. The predicted octanol–water partition coefficient (Wildman–Crippen LogP) is 4.27. The lowest BCUT2D eigenvalue weighted by molar-refractivity contribution is 0.0965. The average molecular weight is 420 g/mol. The number of likely N-dealkylation sites (tertiary alicyclic amines) is 1. The maximum Gasteiger partial charge on any atom is 0.246 e. The number of nitrogens with zero attached hydrogens (tertiary/aromatic N) is 5. The summed E-state index contributed by atoms with van der Waals surface area (Å²) >= 11 is 0. The topological polar surface area (TPSA) is 48.6 Å². The van der Waals surface area contributed by atoms with Crippen LogP contribution in [0.3, 0.4) is 0 Å². The number of piperidine rings is 1. The minimum absolute atomic E-state index is 0.594. The highest BCUT2D eigenvalue weighted by atomic mass is 16.3. The van der Waals surface area contributed by atoms with Crippen LogP contribution in [0.25, 0.3) is 22.7 Å². The molecule has 5 rings (SSSR count). The van der Waals surface area contributed by atoms with Crippen molar-refractivity contribution in [2.24, 2.45) is 0 Å². The molecule has 2 aromatic heterocycles. The smallest absolute Gasteiger partial charge is 0.246 e. The molecule has 2 fully saturated rings. The van der Waals surface area contributed by atoms with E-state index in [1.165, 1.54) is 38.9 Å². The second-order valence-corrected chi connectivity index (χ2v) is 9.11. The summed E-state index contributed by atoms with van der Waals surface area (Å²) in [5.74, 6) is 1.62. The molecule has 0 atom stereocenters. The fourth-order valence-corrected chi connectivity index (χ4v) is 5.00. The number of hydrogen-bond donors (Lipinski definition) is 0. The number of oxazole rings is 1. The number of anilines is 1. The molecule has 0 aliphatic carbocycles. The van der Waals surface area contributed by atoms with E-state index < -0.39 is 0 Å². The van der Waals surface area contributed by atoms with Crippen LogP contribution in [-0.4, -0.2) is 71.1 Å². The van der Waals surface area contributed by atoms with Crippen LogP contribution in [0.15, 0.2) is 46.9 Å². The summed E-state index contributed by atoms with van der Waals surface area (Å²) < 4.78 is 5.94. The first-order chi connectivity index (χ1) is 15.2. The molecule has 2 saturated heterocycles. The number of aromatic nitrogens is 2. The molecule has 164 valence electrons. The van der Waals surface area contributed by atoms with E-state index in [-0.39, 0.29) is 0 Å². The lowest BCUT2D eigenvalue weighted by Gasteiger charge is -2.39. The molecule has 6 heteroatoms. The van der Waals surface area contributed by atoms with Crippen molar-refractivity contribution >= 4 is 16.9 Å². The van der Waals surface area contributed by atoms with Crippen molar-refractivity contribution in [2.45, 2.75) is 45.2 Å². The summed E-state index contributed by atoms with van der Waals surface area (Å²) in [5, 5.41) is 0. The van der Waals surface area contributed by atoms with Gasteiger partial charge in [0, 0.05) is 38.3 Å². The Morgan fingerprint density at radius 3 is 2.52 bits per heavy atom. The monoisotopic (exact) mass is 419 g/mol. The van der Waals surface area contributed by atoms with Gasteiger partial charge in [0.25, 0.3) is 0 Å². The average Bonchev–Trinajstić information content (AvgIpc) is 3.09. The molecule has 31 heavy (non-hydrogen) atoms. The van der Waals surface area contributed by atoms with Crippen LogP contribution < -0.4 is 4.90 Å². The van der Waals surface area contributed by atoms with Gasteiger partial charge in [0.05, 0.1) is 0 Å². The van der Waals surface area contributed by atoms with Crippen molar-refractivity contribution < 1.29 is 4.42 Å². The number of benzene rings is 1. The van der Waals surface area contributed by atoms with Gasteiger partial charge in [-0.1, -0.05) is 18.2 Å². The largest absolute Gasteiger partial charge is 0.435 e. The normalized spacial score (nSPS) is 19.9. The first kappa shape index (κ1) is 20.5. The lowest BCUT2D eigenvalue weighted by atomic mass is 10.0. The van der Waals surface area contributed by atoms with E-state index in [9.17, 15) is 0 Å². The molecule has 0 saturated carbocycles. The zero-order valence-electron chi connectivity index (χ0n) is 18.7. The number of hydrogen-bond acceptors (Lipinski definition) is 6. The molecule has 0 spiro atoms. The van der Waals surface area contributed by atoms with Crippen molar-refractivity contribution in [1.82, 2.24) is 19.8 Å². The summed E-state index contributed by atoms with van der Waals surface area (Å²) in [6.07, 6.45) is 3.77. The van der Waals surface area contributed by atoms with E-state index in [2.05, 4.69) is 45.7 Å². The third-order valence-electron chi connectivity index (χ3n) is 6.85. The highest BCUT2D eigenvalue weighted by Crippen LogP contribution is 2.26. The number of rotatable bonds is 4. The van der Waals surface area contributed by atoms with E-state index in [1.54, 1.807) is 0 Å². The minimum atomic E-state index is 0.594. The Morgan fingerprint density at radius 2 is 1.71 bits per heavy atom. The quantitative estimate of drug-likeness (QED) is 0.629. The number of pyridine rings is 1. The molecule has 0 amide bonds. The summed E-state index contributed by atoms with van der Waals surface area (Å²) in [7, 11) is 0. The van der Waals surface area contributed by atoms with Gasteiger partial charge in [0.15, 0.2) is 5.58 Å². The van der Waals surface area contributed by atoms with Gasteiger partial charge in [-0.3, -0.25) is 4.90 Å². The predicted molar refractivity (Wildman–Crippen MR) is 125 cm³/mol. The molecule has 4 heterocycles. The molecule has 0 bridgehead atoms. The van der Waals surface area contributed by atoms with E-state index >= 15 is 0 Å². The highest BCUT2D eigenvalue weighted by Gasteiger charge is 2.27. The van der Waals surface area contributed by atoms with Gasteiger partial charge in [0.2, 0.25) is 5.89 Å². The Bertz CT molecular complexity index is 975. The second-order valence-electron chi connectivity index (χ2n) is 9.11. The summed E-state index contributed by atoms with van der Waals surface area (Å²) in [4.78, 5) is 17.3. The van der Waals surface area contributed by atoms with Crippen molar-refractivity contribution in [1.29, 1.82) is 0 Å². The van der Waals surface area contributed by atoms with Crippen LogP contribution in [0, 0.1) is 0 Å². The Hall–Kier alpha value is -2.44. The van der Waals surface area contributed by atoms with Gasteiger partial charge in [0.1, 0.15) is 17.0 Å². The maximum absolute atomic E-state index is 5.94. The van der Waals surface area contributed by atoms with Crippen LogP contribution in [0.4, 0.5) is 5.82 Å². The van der Waals surface area contributed by atoms with Crippen molar-refractivity contribution in [3.63, 3.8) is 0 Å². The third-order valence-corrected chi connectivity index (χ3v) is 6.85. The standard InChI is InChI=1S/C25H33N5O/c1-19(2)28-15-11-20(12-16-28)29-13-6-14-30(18-17-29)24-10-5-8-22(26-24)25-27-21-7-3-4-9-23(21)31-25/h3-5,7-10,19-20H,6,11-18H2,1-2H3. The fourth-order valence-electron chi connectivity index (χ4n) is 5.00. The molecule has 0 radical (unpaired) electrons. The van der Waals surface area contributed by atoms with E-state index in [4.69, 9.17) is 9.40 Å². The molecular weight excluding hydrogens is 386 g/mol. The highest BCUT2D eigenvalue weighted by molar-refractivity contribution is 5.75. The summed E-state index contributed by atoms with van der Waals surface area (Å²) in [5.41, 5.74) is 2.48. The van der Waals surface area contributed by atoms with E-state index in [0.29, 0.717) is 11.9 Å². The van der Waals surface area contributed by atoms with Gasteiger partial charge in [-0.2, -0.15) is 0 Å². The second kappa shape index (κ2) is 8.97. The van der Waals surface area contributed by atoms with Gasteiger partial charge in [-0.25, -0.2) is 9.97 Å². The Labute approximate surface area is 184 Å². The van der Waals surface area contributed by atoms with Gasteiger partial charge in [-0.05, 0) is 70.5 Å². The molecule has 2 aliphatic rings. The Morgan fingerprint density at radius 1 is 0.871 bits per heavy atom. The van der Waals surface area contributed by atoms with Gasteiger partial charge >= 0.3 is 0 Å². The maximum atomic E-state index is 5.94. The van der Waals surface area contributed by atoms with E-state index in [1.807, 2.05) is 30.3 Å². The third kappa shape index (κ3) is 4.46. The molecule has 0 N–H and O–H groups in total. The Balaban J connectivity index is 1.26. The molecule has 3 aromatic rings. The summed E-state index contributed by atoms with van der Waals surface area (Å²) in [6.45, 7) is 11.5. The number of para-hydroxylation sites is 2. The number of fused-ring (bicyclic) bond motifs is 1. The van der Waals surface area contributed by atoms with Crippen LogP contribution >= 0.6 is 0 Å². The zero-order valence-corrected chi connectivity index (χ0v) is 18.7. The van der Waals surface area contributed by atoms with E-state index in [0.717, 1.165) is 48.3 Å². The van der Waals surface area contributed by atoms with Crippen molar-refractivity contribution in [2.75, 3.05) is 44.2 Å². The first-order valence-corrected chi connectivity index (χ1v) is 11.7. The minimum Gasteiger partial charge on any atom is -0.435 e. The van der Waals surface area contributed by atoms with Gasteiger partial charge in [-0.15, -0.1) is 0 Å². The van der Waals surface area contributed by atoms with Crippen LogP contribution in [-0.2, 0) is 0 Å².